The fourth-order valence-corrected chi connectivity index (χ4v) is 0.508. The van der Waals surface area contributed by atoms with Gasteiger partial charge in [0, 0.05) is 0 Å². The van der Waals surface area contributed by atoms with Crippen molar-refractivity contribution in [2.45, 2.75) is 13.0 Å². The molecule has 3 nitrogen and oxygen atoms in total. The van der Waals surface area contributed by atoms with Gasteiger partial charge in [-0.25, -0.2) is 4.39 Å². The van der Waals surface area contributed by atoms with Crippen LogP contribution in [0.3, 0.4) is 0 Å². The Balaban J connectivity index is -0.000000289. The summed E-state index contributed by atoms with van der Waals surface area (Å²) < 4.78 is 87.9. The largest absolute Gasteiger partial charge is 0.385 e. The van der Waals surface area contributed by atoms with Crippen LogP contribution in [0, 0.1) is 0 Å². The lowest BCUT2D eigenvalue weighted by molar-refractivity contribution is -0.235. The van der Waals surface area contributed by atoms with E-state index in [2.05, 4.69) is 4.74 Å². The molecule has 0 aliphatic heterocycles. The quantitative estimate of drug-likeness (QED) is 0.586. The normalized spacial score (nSPS) is 10.8. The molecule has 0 saturated heterocycles. The van der Waals surface area contributed by atoms with Gasteiger partial charge in [-0.15, -0.1) is 3.89 Å². The van der Waals surface area contributed by atoms with Crippen LogP contribution < -0.4 is 0 Å². The molecule has 16 heavy (non-hydrogen) atoms. The maximum atomic E-state index is 11.7. The van der Waals surface area contributed by atoms with E-state index in [0.717, 1.165) is 0 Å². The fourth-order valence-electron chi connectivity index (χ4n) is 0.195. The van der Waals surface area contributed by atoms with E-state index >= 15 is 0 Å². The van der Waals surface area contributed by atoms with Crippen LogP contribution in [0.1, 0.15) is 6.92 Å². The van der Waals surface area contributed by atoms with Gasteiger partial charge in [-0.1, -0.05) is 0 Å². The Morgan fingerprint density at radius 2 is 1.50 bits per heavy atom. The zero-order valence-corrected chi connectivity index (χ0v) is 9.34. The highest BCUT2D eigenvalue weighted by Gasteiger charge is 2.32. The number of rotatable bonds is 4. The van der Waals surface area contributed by atoms with Crippen molar-refractivity contribution in [1.82, 2.24) is 0 Å². The summed E-state index contributed by atoms with van der Waals surface area (Å²) >= 11 is 0. The van der Waals surface area contributed by atoms with E-state index in [4.69, 9.17) is 0 Å². The summed E-state index contributed by atoms with van der Waals surface area (Å²) in [6, 6.07) is 0. The van der Waals surface area contributed by atoms with Crippen molar-refractivity contribution in [1.29, 1.82) is 0 Å². The van der Waals surface area contributed by atoms with Crippen molar-refractivity contribution in [2.24, 2.45) is 0 Å². The van der Waals surface area contributed by atoms with E-state index in [0.29, 0.717) is 7.18 Å². The predicted octanol–water partition coefficient (Wildman–Crippen LogP) is 2.38. The van der Waals surface area contributed by atoms with Gasteiger partial charge in [0.25, 0.3) is 0 Å². The Hall–Kier alpha value is -0.510. The second kappa shape index (κ2) is 11.0. The van der Waals surface area contributed by atoms with Gasteiger partial charge >= 0.3 is 16.3 Å². The molecule has 0 N–H and O–H groups in total. The molecule has 0 aromatic rings. The standard InChI is InChI=1S/C3H4F4O3S.C2H5F.CH3F/c4-1-3(5,6)10-2-11(7,8)9;1-2-3;1-2/h1-2H2;2H2,1H3;1H3. The van der Waals surface area contributed by atoms with Crippen molar-refractivity contribution in [3.63, 3.8) is 0 Å². The molecule has 0 spiro atoms. The van der Waals surface area contributed by atoms with E-state index in [-0.39, 0.29) is 6.67 Å². The smallest absolute Gasteiger partial charge is 0.299 e. The van der Waals surface area contributed by atoms with Crippen molar-refractivity contribution in [2.75, 3.05) is 26.5 Å². The van der Waals surface area contributed by atoms with Gasteiger partial charge in [-0.2, -0.15) is 17.2 Å². The Morgan fingerprint density at radius 1 is 1.19 bits per heavy atom. The molecule has 0 rings (SSSR count). The Morgan fingerprint density at radius 3 is 1.69 bits per heavy atom. The van der Waals surface area contributed by atoms with Gasteiger partial charge in [0.15, 0.2) is 12.6 Å². The SMILES string of the molecule is CCF.CF.O=S(=O)(F)COC(F)(F)CF. The molecule has 0 radical (unpaired) electrons. The average Bonchev–Trinajstić information content (AvgIpc) is 2.19. The molecule has 0 bridgehead atoms. The topological polar surface area (TPSA) is 43.4 Å². The molecular weight excluding hydrogens is 266 g/mol. The first-order chi connectivity index (χ1) is 7.18. The first-order valence-electron chi connectivity index (χ1n) is 3.62. The summed E-state index contributed by atoms with van der Waals surface area (Å²) in [6.45, 7) is -0.984. The maximum Gasteiger partial charge on any atom is 0.385 e. The van der Waals surface area contributed by atoms with Crippen LogP contribution in [0.4, 0.5) is 25.8 Å². The molecule has 0 heterocycles. The molecule has 0 unspecified atom stereocenters. The molecule has 0 aliphatic carbocycles. The highest BCUT2D eigenvalue weighted by atomic mass is 32.3. The summed E-state index contributed by atoms with van der Waals surface area (Å²) in [5.74, 6) is -1.84. The molecule has 102 valence electrons. The first kappa shape index (κ1) is 20.8. The second-order valence-electron chi connectivity index (χ2n) is 1.84. The number of hydrogen-bond acceptors (Lipinski definition) is 3. The monoisotopic (exact) mass is 278 g/mol. The lowest BCUT2D eigenvalue weighted by Gasteiger charge is -2.09. The van der Waals surface area contributed by atoms with E-state index in [1.807, 2.05) is 0 Å². The summed E-state index contributed by atoms with van der Waals surface area (Å²) in [5, 5.41) is 0. The van der Waals surface area contributed by atoms with Crippen molar-refractivity contribution in [3.8, 4) is 0 Å². The summed E-state index contributed by atoms with van der Waals surface area (Å²) in [4.78, 5) is 0. The highest BCUT2D eigenvalue weighted by Crippen LogP contribution is 2.16. The maximum absolute atomic E-state index is 11.7. The molecule has 0 amide bonds. The average molecular weight is 278 g/mol. The van der Waals surface area contributed by atoms with Crippen LogP contribution in [-0.2, 0) is 15.0 Å². The molecule has 0 aromatic carbocycles. The van der Waals surface area contributed by atoms with Crippen molar-refractivity contribution >= 4 is 10.2 Å². The van der Waals surface area contributed by atoms with E-state index < -0.39 is 28.9 Å². The lowest BCUT2D eigenvalue weighted by Crippen LogP contribution is -2.25. The fraction of sp³-hybridized carbons (Fsp3) is 1.00. The Bertz CT molecular complexity index is 230. The predicted molar refractivity (Wildman–Crippen MR) is 45.6 cm³/mol. The molecule has 0 aromatic heterocycles. The third kappa shape index (κ3) is 23.4. The molecule has 10 heteroatoms. The van der Waals surface area contributed by atoms with E-state index in [9.17, 15) is 34.3 Å². The highest BCUT2D eigenvalue weighted by molar-refractivity contribution is 7.86. The van der Waals surface area contributed by atoms with Crippen LogP contribution in [0.2, 0.25) is 0 Å². The van der Waals surface area contributed by atoms with Crippen LogP contribution in [0.25, 0.3) is 0 Å². The second-order valence-corrected chi connectivity index (χ2v) is 3.15. The number of halogens is 6. The summed E-state index contributed by atoms with van der Waals surface area (Å²) in [5.41, 5.74) is 0. The van der Waals surface area contributed by atoms with Gasteiger partial charge in [-0.3, -0.25) is 13.5 Å². The minimum Gasteiger partial charge on any atom is -0.299 e. The van der Waals surface area contributed by atoms with Crippen molar-refractivity contribution in [3.05, 3.63) is 0 Å². The van der Waals surface area contributed by atoms with Gasteiger partial charge < -0.3 is 0 Å². The van der Waals surface area contributed by atoms with Gasteiger partial charge in [0.05, 0.1) is 13.9 Å². The summed E-state index contributed by atoms with van der Waals surface area (Å²) in [7, 11) is -4.64. The number of alkyl halides is 5. The third-order valence-electron chi connectivity index (χ3n) is 0.566. The zero-order valence-electron chi connectivity index (χ0n) is 8.52. The Labute approximate surface area is 89.6 Å². The number of hydrogen-bond donors (Lipinski definition) is 0. The molecule has 0 saturated carbocycles. The minimum atomic E-state index is -5.14. The van der Waals surface area contributed by atoms with Gasteiger partial charge in [0.2, 0.25) is 0 Å². The number of ether oxygens (including phenoxy) is 1. The van der Waals surface area contributed by atoms with Crippen molar-refractivity contribution < 1.29 is 39.0 Å². The van der Waals surface area contributed by atoms with Crippen LogP contribution in [0.15, 0.2) is 0 Å². The van der Waals surface area contributed by atoms with E-state index in [1.54, 1.807) is 0 Å². The van der Waals surface area contributed by atoms with E-state index in [1.165, 1.54) is 6.92 Å². The molecule has 0 atom stereocenters. The molecule has 0 aliphatic rings. The minimum absolute atomic E-state index is 0.250. The lowest BCUT2D eigenvalue weighted by atomic mass is 10.7. The molecule has 0 fully saturated rings. The van der Waals surface area contributed by atoms with Gasteiger partial charge in [-0.05, 0) is 6.92 Å². The summed E-state index contributed by atoms with van der Waals surface area (Å²) in [6.07, 6.45) is -4.24. The molecular formula is C6H12F6O3S. The van der Waals surface area contributed by atoms with Crippen LogP contribution in [-0.4, -0.2) is 41.0 Å². The zero-order chi connectivity index (χ0) is 13.8. The first-order valence-corrected chi connectivity index (χ1v) is 5.17. The van der Waals surface area contributed by atoms with Crippen LogP contribution >= 0.6 is 0 Å². The Kier molecular flexibility index (Phi) is 14.3. The van der Waals surface area contributed by atoms with Gasteiger partial charge in [0.1, 0.15) is 0 Å². The third-order valence-corrected chi connectivity index (χ3v) is 0.966. The van der Waals surface area contributed by atoms with Crippen LogP contribution in [0.5, 0.6) is 0 Å².